The third kappa shape index (κ3) is 10.6. The van der Waals surface area contributed by atoms with Crippen molar-refractivity contribution >= 4 is 118 Å². The predicted octanol–water partition coefficient (Wildman–Crippen LogP) is 11.2. The number of rotatable bonds is 13. The van der Waals surface area contributed by atoms with Gasteiger partial charge >= 0.3 is 0 Å². The summed E-state index contributed by atoms with van der Waals surface area (Å²) in [5.74, 6) is 0.0106. The molecule has 0 atom stereocenters. The minimum atomic E-state index is -3.85. The summed E-state index contributed by atoms with van der Waals surface area (Å²) >= 11 is 28.2. The van der Waals surface area contributed by atoms with Crippen LogP contribution in [-0.4, -0.2) is 40.7 Å². The zero-order valence-electron chi connectivity index (χ0n) is 27.9. The first-order chi connectivity index (χ1) is 24.1. The molecule has 2 N–H and O–H groups in total. The van der Waals surface area contributed by atoms with Crippen LogP contribution in [0.25, 0.3) is 10.4 Å². The molecular formula is C34H35Cl4N3O5S5. The number of aryl methyl sites for hydroxylation is 1. The van der Waals surface area contributed by atoms with Gasteiger partial charge in [-0.25, -0.2) is 16.8 Å². The van der Waals surface area contributed by atoms with Gasteiger partial charge in [0.2, 0.25) is 5.91 Å². The zero-order valence-corrected chi connectivity index (χ0v) is 35.0. The number of hydrogen-bond donors (Lipinski definition) is 2. The number of carbonyl (C=O) groups is 1. The second-order valence-corrected chi connectivity index (χ2v) is 19.0. The smallest absolute Gasteiger partial charge is 0.263 e. The molecule has 17 heteroatoms. The van der Waals surface area contributed by atoms with Gasteiger partial charge in [-0.1, -0.05) is 66.3 Å². The van der Waals surface area contributed by atoms with Gasteiger partial charge in [0.1, 0.15) is 4.90 Å². The van der Waals surface area contributed by atoms with Crippen molar-refractivity contribution in [3.05, 3.63) is 100 Å². The summed E-state index contributed by atoms with van der Waals surface area (Å²) in [5.41, 5.74) is 3.38. The normalized spacial score (nSPS) is 11.5. The van der Waals surface area contributed by atoms with Gasteiger partial charge < -0.3 is 4.90 Å². The molecule has 3 heterocycles. The maximum Gasteiger partial charge on any atom is 0.263 e. The maximum absolute atomic E-state index is 12.8. The molecule has 0 radical (unpaired) electrons. The average molecular weight is 868 g/mol. The molecule has 51 heavy (non-hydrogen) atoms. The van der Waals surface area contributed by atoms with E-state index in [2.05, 4.69) is 9.44 Å². The molecule has 0 spiro atoms. The molecule has 0 aliphatic carbocycles. The summed E-state index contributed by atoms with van der Waals surface area (Å²) in [6.07, 6.45) is 1.96. The van der Waals surface area contributed by atoms with Crippen LogP contribution in [0.3, 0.4) is 0 Å². The number of carbonyl (C=O) groups excluding carboxylic acids is 1. The Hall–Kier alpha value is -2.33. The lowest BCUT2D eigenvalue weighted by atomic mass is 10.2. The van der Waals surface area contributed by atoms with Crippen LogP contribution in [0.4, 0.5) is 11.4 Å². The van der Waals surface area contributed by atoms with Gasteiger partial charge in [0.25, 0.3) is 20.0 Å². The molecular weight excluding hydrogens is 833 g/mol. The second-order valence-electron chi connectivity index (χ2n) is 11.3. The summed E-state index contributed by atoms with van der Waals surface area (Å²) < 4.78 is 57.0. The van der Waals surface area contributed by atoms with Crippen molar-refractivity contribution in [3.63, 3.8) is 0 Å². The largest absolute Gasteiger partial charge is 0.342 e. The van der Waals surface area contributed by atoms with E-state index in [9.17, 15) is 21.6 Å². The van der Waals surface area contributed by atoms with Gasteiger partial charge in [0, 0.05) is 49.7 Å². The first kappa shape index (κ1) is 41.4. The van der Waals surface area contributed by atoms with E-state index in [1.54, 1.807) is 48.9 Å². The van der Waals surface area contributed by atoms with E-state index < -0.39 is 20.0 Å². The third-order valence-corrected chi connectivity index (χ3v) is 14.3. The molecule has 0 saturated carbocycles. The van der Waals surface area contributed by atoms with Gasteiger partial charge in [0.05, 0.1) is 32.1 Å². The maximum atomic E-state index is 12.8. The molecule has 0 aliphatic rings. The van der Waals surface area contributed by atoms with E-state index in [-0.39, 0.29) is 27.1 Å². The van der Waals surface area contributed by atoms with Crippen LogP contribution in [-0.2, 0) is 31.3 Å². The van der Waals surface area contributed by atoms with Crippen molar-refractivity contribution in [2.24, 2.45) is 0 Å². The first-order valence-electron chi connectivity index (χ1n) is 15.5. The summed E-state index contributed by atoms with van der Waals surface area (Å²) in [6, 6.07) is 11.4. The van der Waals surface area contributed by atoms with Crippen molar-refractivity contribution in [1.82, 2.24) is 4.90 Å². The summed E-state index contributed by atoms with van der Waals surface area (Å²) in [4.78, 5) is 15.5. The molecule has 5 aromatic rings. The molecule has 3 aromatic heterocycles. The number of benzene rings is 2. The Kier molecular flexibility index (Phi) is 14.7. The average Bonchev–Trinajstić information content (AvgIpc) is 3.79. The third-order valence-electron chi connectivity index (χ3n) is 7.38. The molecule has 1 amide bonds. The highest BCUT2D eigenvalue weighted by molar-refractivity contribution is 7.93. The standard InChI is InChI=1S/C19H25ClN2O3S2.C15H10Cl3NO2S3/c1-4-9-22(10-5-2)19(23)11-15-12-26-13-17(15)21-27(24,25)18-8-6-7-16(20)14(18)3;1-8-4-9(16)5-11(17)15(8)24(20,21)19-12-7-22-6-10(12)13-2-3-14(18)23-13/h6-8,12-13,21H,4-5,9-11H2,1-3H3;2-7,19H,1H3. The zero-order chi connectivity index (χ0) is 37.5. The van der Waals surface area contributed by atoms with Gasteiger partial charge in [-0.05, 0) is 85.2 Å². The summed E-state index contributed by atoms with van der Waals surface area (Å²) in [6.45, 7) is 8.81. The molecule has 0 bridgehead atoms. The van der Waals surface area contributed by atoms with Crippen LogP contribution in [0.15, 0.2) is 73.8 Å². The van der Waals surface area contributed by atoms with E-state index in [1.165, 1.54) is 46.1 Å². The number of nitrogens with zero attached hydrogens (tertiary/aromatic N) is 1. The van der Waals surface area contributed by atoms with Crippen molar-refractivity contribution in [2.45, 2.75) is 56.7 Å². The minimum Gasteiger partial charge on any atom is -0.342 e. The number of hydrogen-bond acceptors (Lipinski definition) is 8. The molecule has 0 unspecified atom stereocenters. The van der Waals surface area contributed by atoms with E-state index in [4.69, 9.17) is 46.4 Å². The van der Waals surface area contributed by atoms with Crippen molar-refractivity contribution in [2.75, 3.05) is 22.5 Å². The first-order valence-corrected chi connectivity index (χ1v) is 22.7. The van der Waals surface area contributed by atoms with Crippen LogP contribution in [0, 0.1) is 13.8 Å². The van der Waals surface area contributed by atoms with E-state index in [0.717, 1.165) is 23.3 Å². The second kappa shape index (κ2) is 18.1. The SMILES string of the molecule is CCCN(CCC)C(=O)Cc1cscc1NS(=O)(=O)c1cccc(Cl)c1C.Cc1cc(Cl)cc(Cl)c1S(=O)(=O)Nc1cscc1-c1ccc(Cl)s1. The summed E-state index contributed by atoms with van der Waals surface area (Å²) in [7, 11) is -7.64. The van der Waals surface area contributed by atoms with Gasteiger partial charge in [-0.15, -0.1) is 34.0 Å². The number of thiophene rings is 3. The number of amides is 1. The Morgan fingerprint density at radius 1 is 0.784 bits per heavy atom. The quantitative estimate of drug-likeness (QED) is 0.122. The number of sulfonamides is 2. The van der Waals surface area contributed by atoms with Crippen LogP contribution < -0.4 is 9.44 Å². The van der Waals surface area contributed by atoms with Crippen molar-refractivity contribution in [3.8, 4) is 10.4 Å². The van der Waals surface area contributed by atoms with E-state index in [0.29, 0.717) is 55.5 Å². The Morgan fingerprint density at radius 2 is 1.43 bits per heavy atom. The van der Waals surface area contributed by atoms with Gasteiger partial charge in [-0.3, -0.25) is 14.2 Å². The molecule has 8 nitrogen and oxygen atoms in total. The molecule has 5 rings (SSSR count). The van der Waals surface area contributed by atoms with Gasteiger partial charge in [0.15, 0.2) is 0 Å². The van der Waals surface area contributed by atoms with Crippen LogP contribution >= 0.6 is 80.4 Å². The fraction of sp³-hybridized carbons (Fsp3) is 0.265. The fourth-order valence-corrected chi connectivity index (χ4v) is 11.8. The Balaban J connectivity index is 0.000000230. The van der Waals surface area contributed by atoms with Crippen LogP contribution in [0.2, 0.25) is 19.4 Å². The number of nitrogens with one attached hydrogen (secondary N) is 2. The fourth-order valence-electron chi connectivity index (χ4n) is 5.06. The lowest BCUT2D eigenvalue weighted by molar-refractivity contribution is -0.130. The minimum absolute atomic E-state index is 0.0106. The molecule has 2 aromatic carbocycles. The van der Waals surface area contributed by atoms with E-state index >= 15 is 0 Å². The molecule has 0 aliphatic heterocycles. The molecule has 274 valence electrons. The highest BCUT2D eigenvalue weighted by atomic mass is 35.5. The lowest BCUT2D eigenvalue weighted by Gasteiger charge is -2.21. The van der Waals surface area contributed by atoms with Crippen LogP contribution in [0.5, 0.6) is 0 Å². The molecule has 0 fully saturated rings. The van der Waals surface area contributed by atoms with Crippen molar-refractivity contribution in [1.29, 1.82) is 0 Å². The van der Waals surface area contributed by atoms with Crippen LogP contribution in [0.1, 0.15) is 43.4 Å². The highest BCUT2D eigenvalue weighted by Gasteiger charge is 2.24. The monoisotopic (exact) mass is 865 g/mol. The van der Waals surface area contributed by atoms with Crippen molar-refractivity contribution < 1.29 is 21.6 Å². The highest BCUT2D eigenvalue weighted by Crippen LogP contribution is 2.39. The Morgan fingerprint density at radius 3 is 2.06 bits per heavy atom. The summed E-state index contributed by atoms with van der Waals surface area (Å²) in [5, 5.41) is 8.01. The Bertz CT molecular complexity index is 2190. The predicted molar refractivity (Wildman–Crippen MR) is 217 cm³/mol. The number of anilines is 2. The van der Waals surface area contributed by atoms with Gasteiger partial charge in [-0.2, -0.15) is 0 Å². The molecule has 0 saturated heterocycles. The lowest BCUT2D eigenvalue weighted by Crippen LogP contribution is -2.33. The number of halogens is 4. The van der Waals surface area contributed by atoms with E-state index in [1.807, 2.05) is 35.6 Å². The topological polar surface area (TPSA) is 113 Å². The Labute approximate surface area is 331 Å².